The maximum absolute atomic E-state index is 11.9. The number of methoxy groups -OCH3 is 1. The molecule has 5 nitrogen and oxygen atoms in total. The molecule has 108 valence electrons. The second-order valence-corrected chi connectivity index (χ2v) is 4.69. The molecule has 0 aliphatic rings. The molecule has 0 bridgehead atoms. The van der Waals surface area contributed by atoms with Gasteiger partial charge in [0.25, 0.3) is 0 Å². The van der Waals surface area contributed by atoms with Crippen LogP contribution in [0.3, 0.4) is 0 Å². The standard InChI is InChI=1S/C16H17N3O2/c1-3-4-11-5-7-13(8-6-11)19-10-12(9-17)14(18)15(19)16(20)21-2/h5-8,10H,3-4,18H2,1-2H3. The largest absolute Gasteiger partial charge is 0.464 e. The number of carbonyl (C=O) groups excluding carboxylic acids is 1. The molecule has 0 saturated heterocycles. The van der Waals surface area contributed by atoms with Gasteiger partial charge in [0.1, 0.15) is 6.07 Å². The molecule has 0 aliphatic heterocycles. The minimum atomic E-state index is -0.563. The number of esters is 1. The Morgan fingerprint density at radius 3 is 2.57 bits per heavy atom. The molecule has 2 rings (SSSR count). The summed E-state index contributed by atoms with van der Waals surface area (Å²) in [5, 5.41) is 9.08. The highest BCUT2D eigenvalue weighted by Gasteiger charge is 2.21. The average Bonchev–Trinajstić information content (AvgIpc) is 2.84. The maximum atomic E-state index is 11.9. The third-order valence-electron chi connectivity index (χ3n) is 3.30. The van der Waals surface area contributed by atoms with Crippen molar-refractivity contribution in [3.8, 4) is 11.8 Å². The van der Waals surface area contributed by atoms with Crippen LogP contribution in [0.25, 0.3) is 5.69 Å². The van der Waals surface area contributed by atoms with Gasteiger partial charge in [-0.25, -0.2) is 4.79 Å². The first-order valence-electron chi connectivity index (χ1n) is 6.70. The Morgan fingerprint density at radius 1 is 1.38 bits per heavy atom. The Morgan fingerprint density at radius 2 is 2.05 bits per heavy atom. The summed E-state index contributed by atoms with van der Waals surface area (Å²) in [6.07, 6.45) is 3.62. The van der Waals surface area contributed by atoms with Gasteiger partial charge in [0.05, 0.1) is 18.4 Å². The summed E-state index contributed by atoms with van der Waals surface area (Å²) < 4.78 is 6.34. The molecule has 0 unspecified atom stereocenters. The average molecular weight is 283 g/mol. The third kappa shape index (κ3) is 2.75. The molecular weight excluding hydrogens is 266 g/mol. The monoisotopic (exact) mass is 283 g/mol. The molecule has 1 aromatic carbocycles. The second-order valence-electron chi connectivity index (χ2n) is 4.69. The lowest BCUT2D eigenvalue weighted by atomic mass is 10.1. The van der Waals surface area contributed by atoms with Gasteiger partial charge in [-0.05, 0) is 24.1 Å². The van der Waals surface area contributed by atoms with E-state index in [0.29, 0.717) is 0 Å². The van der Waals surface area contributed by atoms with Crippen molar-refractivity contribution in [1.82, 2.24) is 4.57 Å². The van der Waals surface area contributed by atoms with Crippen molar-refractivity contribution >= 4 is 11.7 Å². The molecule has 1 heterocycles. The van der Waals surface area contributed by atoms with Gasteiger partial charge in [-0.1, -0.05) is 25.5 Å². The van der Waals surface area contributed by atoms with Gasteiger partial charge in [-0.2, -0.15) is 5.26 Å². The predicted molar refractivity (Wildman–Crippen MR) is 80.2 cm³/mol. The number of hydrogen-bond donors (Lipinski definition) is 1. The maximum Gasteiger partial charge on any atom is 0.357 e. The molecule has 0 fully saturated rings. The Balaban J connectivity index is 2.52. The summed E-state index contributed by atoms with van der Waals surface area (Å²) in [5.74, 6) is -0.563. The molecule has 0 amide bonds. The number of carbonyl (C=O) groups is 1. The van der Waals surface area contributed by atoms with E-state index in [9.17, 15) is 4.79 Å². The lowest BCUT2D eigenvalue weighted by molar-refractivity contribution is 0.0593. The summed E-state index contributed by atoms with van der Waals surface area (Å²) in [6, 6.07) is 9.79. The second kappa shape index (κ2) is 6.14. The fraction of sp³-hybridized carbons (Fsp3) is 0.250. The van der Waals surface area contributed by atoms with E-state index >= 15 is 0 Å². The first-order chi connectivity index (χ1) is 10.1. The number of benzene rings is 1. The lowest BCUT2D eigenvalue weighted by Crippen LogP contribution is -2.11. The zero-order valence-electron chi connectivity index (χ0n) is 12.1. The van der Waals surface area contributed by atoms with Crippen molar-refractivity contribution in [1.29, 1.82) is 5.26 Å². The van der Waals surface area contributed by atoms with Crippen molar-refractivity contribution in [2.45, 2.75) is 19.8 Å². The Bertz CT molecular complexity index is 694. The van der Waals surface area contributed by atoms with E-state index < -0.39 is 5.97 Å². The molecule has 1 aromatic heterocycles. The minimum absolute atomic E-state index is 0.141. The molecule has 0 radical (unpaired) electrons. The van der Waals surface area contributed by atoms with Crippen LogP contribution in [-0.2, 0) is 11.2 Å². The van der Waals surface area contributed by atoms with Crippen LogP contribution >= 0.6 is 0 Å². The molecule has 0 spiro atoms. The van der Waals surface area contributed by atoms with Crippen molar-refractivity contribution in [2.24, 2.45) is 0 Å². The van der Waals surface area contributed by atoms with E-state index in [4.69, 9.17) is 15.7 Å². The summed E-state index contributed by atoms with van der Waals surface area (Å²) in [4.78, 5) is 11.9. The Labute approximate surface area is 123 Å². The van der Waals surface area contributed by atoms with Crippen LogP contribution in [0.4, 0.5) is 5.69 Å². The van der Waals surface area contributed by atoms with Gasteiger partial charge in [0, 0.05) is 11.9 Å². The highest BCUT2D eigenvalue weighted by molar-refractivity contribution is 5.95. The SMILES string of the molecule is CCCc1ccc(-n2cc(C#N)c(N)c2C(=O)OC)cc1. The lowest BCUT2D eigenvalue weighted by Gasteiger charge is -2.09. The van der Waals surface area contributed by atoms with Gasteiger partial charge in [0.2, 0.25) is 0 Å². The molecular formula is C16H17N3O2. The first-order valence-corrected chi connectivity index (χ1v) is 6.70. The van der Waals surface area contributed by atoms with E-state index in [1.165, 1.54) is 12.7 Å². The normalized spacial score (nSPS) is 10.1. The minimum Gasteiger partial charge on any atom is -0.464 e. The Kier molecular flexibility index (Phi) is 4.29. The molecule has 21 heavy (non-hydrogen) atoms. The molecule has 2 N–H and O–H groups in total. The molecule has 0 aliphatic carbocycles. The van der Waals surface area contributed by atoms with Gasteiger partial charge in [-0.3, -0.25) is 0 Å². The van der Waals surface area contributed by atoms with Crippen LogP contribution in [0, 0.1) is 11.3 Å². The van der Waals surface area contributed by atoms with Crippen LogP contribution in [0.15, 0.2) is 30.5 Å². The van der Waals surface area contributed by atoms with Crippen LogP contribution in [0.2, 0.25) is 0 Å². The fourth-order valence-electron chi connectivity index (χ4n) is 2.23. The number of aryl methyl sites for hydroxylation is 1. The van der Waals surface area contributed by atoms with Gasteiger partial charge >= 0.3 is 5.97 Å². The van der Waals surface area contributed by atoms with Crippen molar-refractivity contribution in [3.05, 3.63) is 47.3 Å². The number of ether oxygens (including phenoxy) is 1. The number of aromatic nitrogens is 1. The van der Waals surface area contributed by atoms with Crippen molar-refractivity contribution < 1.29 is 9.53 Å². The number of anilines is 1. The van der Waals surface area contributed by atoms with Crippen molar-refractivity contribution in [2.75, 3.05) is 12.8 Å². The highest BCUT2D eigenvalue weighted by atomic mass is 16.5. The summed E-state index contributed by atoms with van der Waals surface area (Å²) in [7, 11) is 1.29. The van der Waals surface area contributed by atoms with E-state index in [1.807, 2.05) is 30.3 Å². The van der Waals surface area contributed by atoms with E-state index in [0.717, 1.165) is 18.5 Å². The number of nitrogens with zero attached hydrogens (tertiary/aromatic N) is 2. The Hall–Kier alpha value is -2.74. The van der Waals surface area contributed by atoms with E-state index in [1.54, 1.807) is 10.8 Å². The number of hydrogen-bond acceptors (Lipinski definition) is 4. The smallest absolute Gasteiger partial charge is 0.357 e. The molecule has 0 atom stereocenters. The predicted octanol–water partition coefficient (Wildman–Crippen LogP) is 2.67. The quantitative estimate of drug-likeness (QED) is 0.875. The van der Waals surface area contributed by atoms with E-state index in [-0.39, 0.29) is 16.9 Å². The fourth-order valence-corrected chi connectivity index (χ4v) is 2.23. The summed E-state index contributed by atoms with van der Waals surface area (Å²) in [5.41, 5.74) is 8.43. The number of rotatable bonds is 4. The zero-order chi connectivity index (χ0) is 15.4. The van der Waals surface area contributed by atoms with Crippen molar-refractivity contribution in [3.63, 3.8) is 0 Å². The summed E-state index contributed by atoms with van der Waals surface area (Å²) >= 11 is 0. The van der Waals surface area contributed by atoms with Crippen LogP contribution in [0.1, 0.15) is 35.0 Å². The highest BCUT2D eigenvalue weighted by Crippen LogP contribution is 2.24. The number of nitriles is 1. The van der Waals surface area contributed by atoms with Crippen LogP contribution in [-0.4, -0.2) is 17.6 Å². The van der Waals surface area contributed by atoms with Crippen LogP contribution in [0.5, 0.6) is 0 Å². The molecule has 5 heteroatoms. The zero-order valence-corrected chi connectivity index (χ0v) is 12.1. The van der Waals surface area contributed by atoms with Crippen LogP contribution < -0.4 is 5.73 Å². The topological polar surface area (TPSA) is 81.0 Å². The summed E-state index contributed by atoms with van der Waals surface area (Å²) in [6.45, 7) is 2.12. The number of nitrogen functional groups attached to an aromatic ring is 1. The third-order valence-corrected chi connectivity index (χ3v) is 3.30. The number of nitrogens with two attached hydrogens (primary N) is 1. The molecule has 2 aromatic rings. The molecule has 0 saturated carbocycles. The van der Waals surface area contributed by atoms with Gasteiger partial charge < -0.3 is 15.0 Å². The van der Waals surface area contributed by atoms with E-state index in [2.05, 4.69) is 6.92 Å². The van der Waals surface area contributed by atoms with Gasteiger partial charge in [0.15, 0.2) is 5.69 Å². The first kappa shape index (κ1) is 14.7. The van der Waals surface area contributed by atoms with Gasteiger partial charge in [-0.15, -0.1) is 0 Å².